The van der Waals surface area contributed by atoms with E-state index in [2.05, 4.69) is 42.5 Å². The Morgan fingerprint density at radius 2 is 0.875 bits per heavy atom. The smallest absolute Gasteiger partial charge is 0.252 e. The van der Waals surface area contributed by atoms with Crippen molar-refractivity contribution in [1.82, 2.24) is 20.6 Å². The first-order valence-corrected chi connectivity index (χ1v) is 17.9. The summed E-state index contributed by atoms with van der Waals surface area (Å²) in [6.45, 7) is 1.25. The molecule has 0 atom stereocenters. The van der Waals surface area contributed by atoms with E-state index in [1.165, 1.54) is 0 Å². The number of fused-ring (bicyclic) bond motifs is 2. The third-order valence-corrected chi connectivity index (χ3v) is 9.43. The van der Waals surface area contributed by atoms with Crippen molar-refractivity contribution >= 4 is 65.5 Å². The molecule has 242 valence electrons. The molecule has 0 aliphatic heterocycles. The lowest BCUT2D eigenvalue weighted by Gasteiger charge is -2.11. The van der Waals surface area contributed by atoms with Crippen molar-refractivity contribution in [2.75, 3.05) is 13.1 Å². The molecule has 0 saturated carbocycles. The molecule has 2 aromatic heterocycles. The molecule has 6 rings (SSSR count). The molecule has 2 amide bonds. The zero-order chi connectivity index (χ0) is 33.3. The van der Waals surface area contributed by atoms with Gasteiger partial charge in [-0.05, 0) is 61.4 Å². The largest absolute Gasteiger partial charge is 0.352 e. The Hall–Kier alpha value is -4.40. The summed E-state index contributed by atoms with van der Waals surface area (Å²) in [4.78, 5) is 36.1. The van der Waals surface area contributed by atoms with E-state index in [4.69, 9.17) is 9.97 Å². The molecule has 0 saturated heterocycles. The van der Waals surface area contributed by atoms with Gasteiger partial charge in [0.15, 0.2) is 0 Å². The van der Waals surface area contributed by atoms with Crippen molar-refractivity contribution in [3.63, 3.8) is 0 Å². The Bertz CT molecular complexity index is 1900. The summed E-state index contributed by atoms with van der Waals surface area (Å²) < 4.78 is 2.00. The summed E-state index contributed by atoms with van der Waals surface area (Å²) in [6.07, 6.45) is 6.08. The van der Waals surface area contributed by atoms with Crippen LogP contribution in [-0.4, -0.2) is 34.9 Å². The van der Waals surface area contributed by atoms with Gasteiger partial charge in [-0.25, -0.2) is 9.97 Å². The van der Waals surface area contributed by atoms with Crippen LogP contribution in [0.25, 0.3) is 44.3 Å². The molecule has 0 aliphatic rings. The number of pyridine rings is 2. The minimum Gasteiger partial charge on any atom is -0.352 e. The van der Waals surface area contributed by atoms with Gasteiger partial charge in [0.25, 0.3) is 11.8 Å². The third-order valence-electron chi connectivity index (χ3n) is 8.38. The molecule has 0 bridgehead atoms. The van der Waals surface area contributed by atoms with E-state index in [-0.39, 0.29) is 11.8 Å². The predicted molar refractivity (Wildman–Crippen MR) is 202 cm³/mol. The van der Waals surface area contributed by atoms with E-state index in [1.54, 1.807) is 0 Å². The molecule has 0 fully saturated rings. The van der Waals surface area contributed by atoms with Gasteiger partial charge in [0.2, 0.25) is 0 Å². The summed E-state index contributed by atoms with van der Waals surface area (Å²) in [5.74, 6) is -0.151. The molecule has 6 aromatic rings. The van der Waals surface area contributed by atoms with Crippen molar-refractivity contribution in [2.24, 2.45) is 0 Å². The number of para-hydroxylation sites is 2. The van der Waals surface area contributed by atoms with E-state index in [1.807, 2.05) is 109 Å². The first-order valence-electron chi connectivity index (χ1n) is 16.3. The van der Waals surface area contributed by atoms with E-state index in [0.29, 0.717) is 24.2 Å². The molecule has 0 spiro atoms. The second-order valence-electron chi connectivity index (χ2n) is 11.8. The molecule has 6 nitrogen and oxygen atoms in total. The topological polar surface area (TPSA) is 84.0 Å². The number of carbonyl (C=O) groups excluding carboxylic acids is 2. The van der Waals surface area contributed by atoms with Gasteiger partial charge in [-0.1, -0.05) is 118 Å². The van der Waals surface area contributed by atoms with Crippen LogP contribution in [0.2, 0.25) is 0 Å². The highest BCUT2D eigenvalue weighted by atomic mass is 79.9. The van der Waals surface area contributed by atoms with Crippen LogP contribution in [0.5, 0.6) is 0 Å². The van der Waals surface area contributed by atoms with Gasteiger partial charge >= 0.3 is 0 Å². The molecule has 0 aliphatic carbocycles. The van der Waals surface area contributed by atoms with Crippen molar-refractivity contribution in [1.29, 1.82) is 0 Å². The highest BCUT2D eigenvalue weighted by Crippen LogP contribution is 2.27. The number of nitrogens with zero attached hydrogens (tertiary/aromatic N) is 2. The number of hydrogen-bond acceptors (Lipinski definition) is 4. The molecule has 8 heteroatoms. The van der Waals surface area contributed by atoms with Crippen molar-refractivity contribution in [3.8, 4) is 22.5 Å². The van der Waals surface area contributed by atoms with Crippen LogP contribution in [0.1, 0.15) is 59.2 Å². The van der Waals surface area contributed by atoms with Gasteiger partial charge in [-0.15, -0.1) is 0 Å². The van der Waals surface area contributed by atoms with Gasteiger partial charge in [0, 0.05) is 43.9 Å². The summed E-state index contributed by atoms with van der Waals surface area (Å²) in [7, 11) is 0. The second kappa shape index (κ2) is 16.1. The van der Waals surface area contributed by atoms with Crippen molar-refractivity contribution in [2.45, 2.75) is 38.5 Å². The van der Waals surface area contributed by atoms with Crippen molar-refractivity contribution < 1.29 is 9.59 Å². The Morgan fingerprint density at radius 3 is 1.29 bits per heavy atom. The van der Waals surface area contributed by atoms with Crippen LogP contribution in [-0.2, 0) is 0 Å². The quantitative estimate of drug-likeness (QED) is 0.115. The lowest BCUT2D eigenvalue weighted by Crippen LogP contribution is -2.25. The minimum absolute atomic E-state index is 0.0753. The zero-order valence-corrected chi connectivity index (χ0v) is 29.7. The number of rotatable bonds is 13. The first-order chi connectivity index (χ1) is 23.5. The molecular weight excluding hydrogens is 728 g/mol. The van der Waals surface area contributed by atoms with Crippen LogP contribution in [0, 0.1) is 0 Å². The van der Waals surface area contributed by atoms with Gasteiger partial charge in [0.05, 0.1) is 33.5 Å². The summed E-state index contributed by atoms with van der Waals surface area (Å²) in [5.41, 5.74) is 6.39. The SMILES string of the molecule is O=C(NCCCCCCCCNC(=O)c1cc(-c2ccc(Br)cc2)nc2ccccc12)c1cc(-c2ccc(Br)cc2)nc2ccccc12. The van der Waals surface area contributed by atoms with Crippen LogP contribution in [0.3, 0.4) is 0 Å². The minimum atomic E-state index is -0.0753. The standard InChI is InChI=1S/C40H36Br2N4O2/c41-29-19-15-27(16-20-29)37-25-33(31-11-5-7-13-35(31)45-37)39(47)43-23-9-3-1-2-4-10-24-44-40(48)34-26-38(28-17-21-30(42)22-18-28)46-36-14-8-6-12-32(34)36/h5-8,11-22,25-26H,1-4,9-10,23-24H2,(H,43,47)(H,44,48). The number of nitrogens with one attached hydrogen (secondary N) is 2. The summed E-state index contributed by atoms with van der Waals surface area (Å²) in [6, 6.07) is 35.3. The number of unbranched alkanes of at least 4 members (excludes halogenated alkanes) is 5. The lowest BCUT2D eigenvalue weighted by molar-refractivity contribution is 0.0946. The molecule has 2 N–H and O–H groups in total. The van der Waals surface area contributed by atoms with Gasteiger partial charge in [-0.2, -0.15) is 0 Å². The second-order valence-corrected chi connectivity index (χ2v) is 13.6. The maximum atomic E-state index is 13.3. The number of benzene rings is 4. The van der Waals surface area contributed by atoms with Gasteiger partial charge < -0.3 is 10.6 Å². The third kappa shape index (κ3) is 8.35. The summed E-state index contributed by atoms with van der Waals surface area (Å²) in [5, 5.41) is 7.94. The number of hydrogen-bond donors (Lipinski definition) is 2. The molecule has 0 unspecified atom stereocenters. The van der Waals surface area contributed by atoms with Crippen LogP contribution >= 0.6 is 31.9 Å². The van der Waals surface area contributed by atoms with E-state index in [0.717, 1.165) is 91.8 Å². The Kier molecular flexibility index (Phi) is 11.3. The zero-order valence-electron chi connectivity index (χ0n) is 26.5. The first kappa shape index (κ1) is 33.5. The maximum Gasteiger partial charge on any atom is 0.252 e. The average molecular weight is 765 g/mol. The monoisotopic (exact) mass is 762 g/mol. The maximum absolute atomic E-state index is 13.3. The Morgan fingerprint density at radius 1 is 0.500 bits per heavy atom. The van der Waals surface area contributed by atoms with Crippen LogP contribution in [0.15, 0.2) is 118 Å². The highest BCUT2D eigenvalue weighted by molar-refractivity contribution is 9.10. The molecule has 2 heterocycles. The fourth-order valence-electron chi connectivity index (χ4n) is 5.81. The summed E-state index contributed by atoms with van der Waals surface area (Å²) >= 11 is 6.97. The Labute approximate surface area is 297 Å². The fraction of sp³-hybridized carbons (Fsp3) is 0.200. The number of halogens is 2. The van der Waals surface area contributed by atoms with E-state index >= 15 is 0 Å². The fourth-order valence-corrected chi connectivity index (χ4v) is 6.34. The highest BCUT2D eigenvalue weighted by Gasteiger charge is 2.15. The lowest BCUT2D eigenvalue weighted by atomic mass is 10.0. The molecular formula is C40H36Br2N4O2. The normalized spacial score (nSPS) is 11.1. The number of carbonyl (C=O) groups is 2. The molecule has 0 radical (unpaired) electrons. The molecule has 48 heavy (non-hydrogen) atoms. The number of aromatic nitrogens is 2. The van der Waals surface area contributed by atoms with Crippen molar-refractivity contribution in [3.05, 3.63) is 129 Å². The van der Waals surface area contributed by atoms with E-state index in [9.17, 15) is 9.59 Å². The average Bonchev–Trinajstić information content (AvgIpc) is 3.11. The van der Waals surface area contributed by atoms with Gasteiger partial charge in [-0.3, -0.25) is 9.59 Å². The van der Waals surface area contributed by atoms with Crippen LogP contribution in [0.4, 0.5) is 0 Å². The molecule has 4 aromatic carbocycles. The van der Waals surface area contributed by atoms with Crippen LogP contribution < -0.4 is 10.6 Å². The van der Waals surface area contributed by atoms with E-state index < -0.39 is 0 Å². The number of amides is 2. The predicted octanol–water partition coefficient (Wildman–Crippen LogP) is 10.1. The van der Waals surface area contributed by atoms with Gasteiger partial charge in [0.1, 0.15) is 0 Å². The Balaban J connectivity index is 0.937.